The van der Waals surface area contributed by atoms with E-state index in [-0.39, 0.29) is 5.41 Å². The molecule has 1 aromatic rings. The smallest absolute Gasteiger partial charge is 0.128 e. The Kier molecular flexibility index (Phi) is 7.02. The minimum Gasteiger partial charge on any atom is -0.241 e. The standard InChI is InChI=1S/C20H31N3/c1-3-5-6-7-9-19-22-14-18(15-23-19)20(16-21)12-10-17(8-4-2)11-13-20/h14-15,17H,3-13H2,1-2H3. The Morgan fingerprint density at radius 3 is 2.35 bits per heavy atom. The fourth-order valence-corrected chi connectivity index (χ4v) is 3.77. The summed E-state index contributed by atoms with van der Waals surface area (Å²) in [4.78, 5) is 9.08. The van der Waals surface area contributed by atoms with Crippen LogP contribution in [0.3, 0.4) is 0 Å². The second kappa shape index (κ2) is 9.01. The molecule has 3 nitrogen and oxygen atoms in total. The van der Waals surface area contributed by atoms with Crippen LogP contribution in [-0.2, 0) is 11.8 Å². The highest BCUT2D eigenvalue weighted by Crippen LogP contribution is 2.42. The molecule has 0 saturated heterocycles. The molecule has 0 aromatic carbocycles. The van der Waals surface area contributed by atoms with Gasteiger partial charge >= 0.3 is 0 Å². The van der Waals surface area contributed by atoms with Crippen molar-refractivity contribution in [1.82, 2.24) is 9.97 Å². The third kappa shape index (κ3) is 4.77. The van der Waals surface area contributed by atoms with Gasteiger partial charge in [-0.3, -0.25) is 0 Å². The third-order valence-corrected chi connectivity index (χ3v) is 5.38. The zero-order chi connectivity index (χ0) is 16.5. The topological polar surface area (TPSA) is 49.6 Å². The predicted octanol–water partition coefficient (Wildman–Crippen LogP) is 5.35. The quantitative estimate of drug-likeness (QED) is 0.608. The summed E-state index contributed by atoms with van der Waals surface area (Å²) in [5.41, 5.74) is 0.692. The summed E-state index contributed by atoms with van der Waals surface area (Å²) in [6.45, 7) is 4.47. The molecule has 3 heteroatoms. The van der Waals surface area contributed by atoms with Crippen LogP contribution in [0.25, 0.3) is 0 Å². The van der Waals surface area contributed by atoms with Crippen LogP contribution in [-0.4, -0.2) is 9.97 Å². The summed E-state index contributed by atoms with van der Waals surface area (Å²) in [5.74, 6) is 1.73. The Morgan fingerprint density at radius 1 is 1.09 bits per heavy atom. The van der Waals surface area contributed by atoms with Crippen molar-refractivity contribution < 1.29 is 0 Å². The second-order valence-electron chi connectivity index (χ2n) is 7.12. The number of nitriles is 1. The van der Waals surface area contributed by atoms with Crippen LogP contribution in [0.1, 0.15) is 89.4 Å². The number of rotatable bonds is 8. The van der Waals surface area contributed by atoms with Crippen LogP contribution in [0.5, 0.6) is 0 Å². The predicted molar refractivity (Wildman–Crippen MR) is 94.0 cm³/mol. The van der Waals surface area contributed by atoms with Crippen LogP contribution >= 0.6 is 0 Å². The van der Waals surface area contributed by atoms with Gasteiger partial charge in [0.05, 0.1) is 11.5 Å². The van der Waals surface area contributed by atoms with Crippen molar-refractivity contribution >= 4 is 0 Å². The van der Waals surface area contributed by atoms with E-state index in [2.05, 4.69) is 29.9 Å². The molecule has 1 aromatic heterocycles. The molecule has 0 radical (unpaired) electrons. The highest BCUT2D eigenvalue weighted by atomic mass is 14.9. The molecule has 0 atom stereocenters. The maximum atomic E-state index is 9.78. The SMILES string of the molecule is CCCCCCc1ncc(C2(C#N)CCC(CCC)CC2)cn1. The van der Waals surface area contributed by atoms with Crippen LogP contribution in [0.2, 0.25) is 0 Å². The summed E-state index contributed by atoms with van der Waals surface area (Å²) in [6, 6.07) is 2.60. The number of unbranched alkanes of at least 4 members (excludes halogenated alkanes) is 3. The van der Waals surface area contributed by atoms with Crippen LogP contribution in [0.15, 0.2) is 12.4 Å². The fraction of sp³-hybridized carbons (Fsp3) is 0.750. The first-order chi connectivity index (χ1) is 11.2. The minimum atomic E-state index is -0.342. The number of hydrogen-bond acceptors (Lipinski definition) is 3. The molecule has 1 aliphatic carbocycles. The van der Waals surface area contributed by atoms with Gasteiger partial charge in [0.1, 0.15) is 5.82 Å². The molecule has 126 valence electrons. The van der Waals surface area contributed by atoms with E-state index in [1.54, 1.807) is 0 Å². The van der Waals surface area contributed by atoms with E-state index < -0.39 is 0 Å². The van der Waals surface area contributed by atoms with Gasteiger partial charge in [-0.05, 0) is 38.0 Å². The molecule has 1 aliphatic rings. The normalized spacial score (nSPS) is 24.3. The van der Waals surface area contributed by atoms with Gasteiger partial charge < -0.3 is 0 Å². The summed E-state index contributed by atoms with van der Waals surface area (Å²) in [7, 11) is 0. The monoisotopic (exact) mass is 313 g/mol. The van der Waals surface area contributed by atoms with Gasteiger partial charge in [-0.1, -0.05) is 46.0 Å². The molecular weight excluding hydrogens is 282 g/mol. The van der Waals surface area contributed by atoms with Crippen molar-refractivity contribution in [3.8, 4) is 6.07 Å². The minimum absolute atomic E-state index is 0.342. The van der Waals surface area contributed by atoms with E-state index in [1.165, 1.54) is 44.9 Å². The summed E-state index contributed by atoms with van der Waals surface area (Å²) < 4.78 is 0. The maximum absolute atomic E-state index is 9.78. The Labute approximate surface area is 141 Å². The molecule has 1 heterocycles. The zero-order valence-corrected chi connectivity index (χ0v) is 14.9. The molecule has 0 unspecified atom stereocenters. The first-order valence-corrected chi connectivity index (χ1v) is 9.46. The molecule has 0 aliphatic heterocycles. The summed E-state index contributed by atoms with van der Waals surface area (Å²) >= 11 is 0. The molecule has 23 heavy (non-hydrogen) atoms. The lowest BCUT2D eigenvalue weighted by atomic mass is 9.67. The molecule has 1 saturated carbocycles. The van der Waals surface area contributed by atoms with Gasteiger partial charge in [-0.2, -0.15) is 5.26 Å². The van der Waals surface area contributed by atoms with Gasteiger partial charge in [0.25, 0.3) is 0 Å². The highest BCUT2D eigenvalue weighted by Gasteiger charge is 2.37. The van der Waals surface area contributed by atoms with Crippen molar-refractivity contribution in [2.45, 2.75) is 89.9 Å². The third-order valence-electron chi connectivity index (χ3n) is 5.38. The highest BCUT2D eigenvalue weighted by molar-refractivity contribution is 5.29. The summed E-state index contributed by atoms with van der Waals surface area (Å²) in [6.07, 6.45) is 16.6. The van der Waals surface area contributed by atoms with E-state index >= 15 is 0 Å². The second-order valence-corrected chi connectivity index (χ2v) is 7.12. The molecule has 0 N–H and O–H groups in total. The van der Waals surface area contributed by atoms with Gasteiger partial charge in [-0.25, -0.2) is 9.97 Å². The molecule has 1 fully saturated rings. The van der Waals surface area contributed by atoms with Gasteiger partial charge in [0, 0.05) is 24.4 Å². The average molecular weight is 313 g/mol. The van der Waals surface area contributed by atoms with E-state index in [0.717, 1.165) is 43.0 Å². The molecule has 0 amide bonds. The lowest BCUT2D eigenvalue weighted by molar-refractivity contribution is 0.264. The van der Waals surface area contributed by atoms with Crippen molar-refractivity contribution in [2.24, 2.45) is 5.92 Å². The lowest BCUT2D eigenvalue weighted by Gasteiger charge is -2.34. The van der Waals surface area contributed by atoms with E-state index in [9.17, 15) is 5.26 Å². The van der Waals surface area contributed by atoms with Crippen LogP contribution in [0, 0.1) is 17.2 Å². The average Bonchev–Trinajstić information content (AvgIpc) is 2.60. The largest absolute Gasteiger partial charge is 0.241 e. The van der Waals surface area contributed by atoms with Crippen molar-refractivity contribution in [3.05, 3.63) is 23.8 Å². The Hall–Kier alpha value is -1.43. The number of aryl methyl sites for hydroxylation is 1. The Morgan fingerprint density at radius 2 is 1.78 bits per heavy atom. The summed E-state index contributed by atoms with van der Waals surface area (Å²) in [5, 5.41) is 9.78. The van der Waals surface area contributed by atoms with Gasteiger partial charge in [-0.15, -0.1) is 0 Å². The first-order valence-electron chi connectivity index (χ1n) is 9.46. The maximum Gasteiger partial charge on any atom is 0.128 e. The Balaban J connectivity index is 1.95. The fourth-order valence-electron chi connectivity index (χ4n) is 3.77. The molecule has 0 spiro atoms. The zero-order valence-electron chi connectivity index (χ0n) is 14.9. The lowest BCUT2D eigenvalue weighted by Crippen LogP contribution is -2.30. The van der Waals surface area contributed by atoms with Gasteiger partial charge in [0.15, 0.2) is 0 Å². The van der Waals surface area contributed by atoms with Crippen molar-refractivity contribution in [2.75, 3.05) is 0 Å². The van der Waals surface area contributed by atoms with Crippen molar-refractivity contribution in [3.63, 3.8) is 0 Å². The van der Waals surface area contributed by atoms with E-state index in [1.807, 2.05) is 12.4 Å². The molecular formula is C20H31N3. The first kappa shape index (κ1) is 17.9. The number of hydrogen-bond donors (Lipinski definition) is 0. The molecule has 0 bridgehead atoms. The number of aromatic nitrogens is 2. The Bertz CT molecular complexity index is 493. The van der Waals surface area contributed by atoms with E-state index in [0.29, 0.717) is 0 Å². The molecule has 2 rings (SSSR count). The van der Waals surface area contributed by atoms with Crippen molar-refractivity contribution in [1.29, 1.82) is 5.26 Å². The van der Waals surface area contributed by atoms with Gasteiger partial charge in [0.2, 0.25) is 0 Å². The van der Waals surface area contributed by atoms with Crippen LogP contribution in [0.4, 0.5) is 0 Å². The number of nitrogens with zero attached hydrogens (tertiary/aromatic N) is 3. The van der Waals surface area contributed by atoms with E-state index in [4.69, 9.17) is 0 Å². The van der Waals surface area contributed by atoms with Crippen LogP contribution < -0.4 is 0 Å².